The van der Waals surface area contributed by atoms with Crippen molar-refractivity contribution in [2.24, 2.45) is 20.0 Å². The van der Waals surface area contributed by atoms with Gasteiger partial charge in [0, 0.05) is 39.8 Å². The Morgan fingerprint density at radius 3 is 2.20 bits per heavy atom. The lowest BCUT2D eigenvalue weighted by Crippen LogP contribution is -2.45. The summed E-state index contributed by atoms with van der Waals surface area (Å²) in [5.74, 6) is 0.555. The maximum Gasteiger partial charge on any atom is 0.332 e. The van der Waals surface area contributed by atoms with Gasteiger partial charge >= 0.3 is 5.69 Å². The fourth-order valence-electron chi connectivity index (χ4n) is 2.82. The van der Waals surface area contributed by atoms with E-state index in [0.717, 1.165) is 4.57 Å². The van der Waals surface area contributed by atoms with Crippen LogP contribution in [0.2, 0.25) is 0 Å². The van der Waals surface area contributed by atoms with E-state index >= 15 is 0 Å². The molecular weight excluding hydrogens is 318 g/mol. The van der Waals surface area contributed by atoms with Gasteiger partial charge in [0.2, 0.25) is 0 Å². The van der Waals surface area contributed by atoms with Crippen molar-refractivity contribution >= 4 is 5.82 Å². The third kappa shape index (κ3) is 4.48. The van der Waals surface area contributed by atoms with Crippen LogP contribution in [0.4, 0.5) is 5.82 Å². The van der Waals surface area contributed by atoms with Crippen LogP contribution in [-0.4, -0.2) is 39.7 Å². The lowest BCUT2D eigenvalue weighted by atomic mass is 10.0. The average molecular weight is 345 g/mol. The molecule has 0 aliphatic rings. The summed E-state index contributed by atoms with van der Waals surface area (Å²) in [5, 5.41) is 12.5. The molecule has 25 heavy (non-hydrogen) atoms. The summed E-state index contributed by atoms with van der Waals surface area (Å²) < 4.78 is 2.23. The zero-order valence-electron chi connectivity index (χ0n) is 15.5. The lowest BCUT2D eigenvalue weighted by Gasteiger charge is -2.33. The molecule has 1 aromatic rings. The quantitative estimate of drug-likeness (QED) is 0.677. The van der Waals surface area contributed by atoms with Gasteiger partial charge in [-0.1, -0.05) is 26.0 Å². The van der Waals surface area contributed by atoms with Crippen molar-refractivity contribution < 1.29 is 0 Å². The van der Waals surface area contributed by atoms with Crippen molar-refractivity contribution in [3.8, 4) is 6.07 Å². The van der Waals surface area contributed by atoms with Gasteiger partial charge in [-0.3, -0.25) is 18.8 Å². The molecular formula is C18H27N5O2. The van der Waals surface area contributed by atoms with Gasteiger partial charge in [-0.2, -0.15) is 5.26 Å². The number of aromatic nitrogens is 2. The van der Waals surface area contributed by atoms with Crippen molar-refractivity contribution in [2.75, 3.05) is 25.0 Å². The molecule has 1 heterocycles. The molecule has 0 amide bonds. The van der Waals surface area contributed by atoms with E-state index in [1.165, 1.54) is 11.6 Å². The molecule has 7 nitrogen and oxygen atoms in total. The van der Waals surface area contributed by atoms with Crippen LogP contribution < -0.4 is 16.6 Å². The first-order valence-electron chi connectivity index (χ1n) is 8.19. The largest absolute Gasteiger partial charge is 0.369 e. The van der Waals surface area contributed by atoms with Crippen LogP contribution in [0.25, 0.3) is 0 Å². The smallest absolute Gasteiger partial charge is 0.332 e. The van der Waals surface area contributed by atoms with E-state index in [9.17, 15) is 14.9 Å². The SMILES string of the molecule is C=CCN(CC=C)[C@H](CNc1c(C#N)c(=O)n(C)c(=O)n1C)C(C)C. The van der Waals surface area contributed by atoms with E-state index in [0.29, 0.717) is 25.6 Å². The lowest BCUT2D eigenvalue weighted by molar-refractivity contribution is 0.199. The summed E-state index contributed by atoms with van der Waals surface area (Å²) in [4.78, 5) is 26.5. The summed E-state index contributed by atoms with van der Waals surface area (Å²) in [7, 11) is 2.91. The zero-order chi connectivity index (χ0) is 19.1. The molecule has 0 spiro atoms. The third-order valence-corrected chi connectivity index (χ3v) is 4.22. The summed E-state index contributed by atoms with van der Waals surface area (Å²) in [6.07, 6.45) is 3.65. The van der Waals surface area contributed by atoms with Crippen molar-refractivity contribution in [1.29, 1.82) is 5.26 Å². The van der Waals surface area contributed by atoms with Crippen LogP contribution in [0.15, 0.2) is 34.9 Å². The molecule has 0 aliphatic carbocycles. The van der Waals surface area contributed by atoms with Gasteiger partial charge in [0.1, 0.15) is 11.9 Å². The first-order chi connectivity index (χ1) is 11.8. The number of nitrogens with one attached hydrogen (secondary N) is 1. The molecule has 0 saturated heterocycles. The first-order valence-corrected chi connectivity index (χ1v) is 8.19. The van der Waals surface area contributed by atoms with E-state index in [-0.39, 0.29) is 17.4 Å². The predicted octanol–water partition coefficient (Wildman–Crippen LogP) is 1.07. The summed E-state index contributed by atoms with van der Waals surface area (Å²) >= 11 is 0. The van der Waals surface area contributed by atoms with Gasteiger partial charge in [-0.05, 0) is 5.92 Å². The monoisotopic (exact) mass is 345 g/mol. The molecule has 0 fully saturated rings. The Morgan fingerprint density at radius 1 is 1.20 bits per heavy atom. The molecule has 7 heteroatoms. The van der Waals surface area contributed by atoms with Crippen LogP contribution in [0, 0.1) is 17.2 Å². The van der Waals surface area contributed by atoms with Gasteiger partial charge in [0.15, 0.2) is 5.56 Å². The second kappa shape index (κ2) is 9.04. The second-order valence-corrected chi connectivity index (χ2v) is 6.26. The van der Waals surface area contributed by atoms with E-state index < -0.39 is 11.2 Å². The van der Waals surface area contributed by atoms with Crippen molar-refractivity contribution in [1.82, 2.24) is 14.0 Å². The van der Waals surface area contributed by atoms with Crippen LogP contribution in [0.3, 0.4) is 0 Å². The first kappa shape index (κ1) is 20.5. The third-order valence-electron chi connectivity index (χ3n) is 4.22. The van der Waals surface area contributed by atoms with Gasteiger partial charge in [0.05, 0.1) is 0 Å². The number of hydrogen-bond donors (Lipinski definition) is 1. The highest BCUT2D eigenvalue weighted by Gasteiger charge is 2.22. The standard InChI is InChI=1S/C18H27N5O2/c1-7-9-23(10-8-2)15(13(3)4)12-20-16-14(11-19)17(24)22(6)18(25)21(16)5/h7-8,13,15,20H,1-2,9-10,12H2,3-6H3/t15-/m1/s1. The Morgan fingerprint density at radius 2 is 1.76 bits per heavy atom. The number of nitrogens with zero attached hydrogens (tertiary/aromatic N) is 4. The molecule has 0 radical (unpaired) electrons. The maximum atomic E-state index is 12.2. The fraction of sp³-hybridized carbons (Fsp3) is 0.500. The highest BCUT2D eigenvalue weighted by Crippen LogP contribution is 2.14. The van der Waals surface area contributed by atoms with Gasteiger partial charge < -0.3 is 5.32 Å². The van der Waals surface area contributed by atoms with Gasteiger partial charge in [-0.15, -0.1) is 13.2 Å². The van der Waals surface area contributed by atoms with E-state index in [2.05, 4.69) is 37.2 Å². The summed E-state index contributed by atoms with van der Waals surface area (Å²) in [5.41, 5.74) is -1.13. The normalized spacial score (nSPS) is 12.0. The van der Waals surface area contributed by atoms with E-state index in [1.54, 1.807) is 7.05 Å². The van der Waals surface area contributed by atoms with Gasteiger partial charge in [0.25, 0.3) is 5.56 Å². The molecule has 0 saturated carbocycles. The molecule has 1 aromatic heterocycles. The van der Waals surface area contributed by atoms with E-state index in [1.807, 2.05) is 18.2 Å². The van der Waals surface area contributed by atoms with Crippen molar-refractivity contribution in [3.05, 3.63) is 51.7 Å². The van der Waals surface area contributed by atoms with Crippen LogP contribution in [0.1, 0.15) is 19.4 Å². The number of nitriles is 1. The maximum absolute atomic E-state index is 12.2. The fourth-order valence-corrected chi connectivity index (χ4v) is 2.82. The molecule has 0 aliphatic heterocycles. The van der Waals surface area contributed by atoms with Crippen LogP contribution in [0.5, 0.6) is 0 Å². The minimum Gasteiger partial charge on any atom is -0.369 e. The second-order valence-electron chi connectivity index (χ2n) is 6.26. The minimum atomic E-state index is -0.594. The Labute approximate surface area is 148 Å². The Bertz CT molecular complexity index is 772. The topological polar surface area (TPSA) is 83.1 Å². The molecule has 0 bridgehead atoms. The summed E-state index contributed by atoms with van der Waals surface area (Å²) in [6.45, 7) is 13.6. The minimum absolute atomic E-state index is 0.0638. The van der Waals surface area contributed by atoms with E-state index in [4.69, 9.17) is 0 Å². The Hall–Kier alpha value is -2.59. The van der Waals surface area contributed by atoms with Crippen LogP contribution >= 0.6 is 0 Å². The van der Waals surface area contributed by atoms with Gasteiger partial charge in [-0.25, -0.2) is 4.79 Å². The summed E-state index contributed by atoms with van der Waals surface area (Å²) in [6, 6.07) is 2.02. The zero-order valence-corrected chi connectivity index (χ0v) is 15.5. The highest BCUT2D eigenvalue weighted by molar-refractivity contribution is 5.51. The molecule has 136 valence electrons. The Kier molecular flexibility index (Phi) is 7.40. The number of rotatable bonds is 9. The van der Waals surface area contributed by atoms with Crippen LogP contribution in [-0.2, 0) is 14.1 Å². The number of anilines is 1. The Balaban J connectivity index is 3.23. The van der Waals surface area contributed by atoms with Crippen molar-refractivity contribution in [2.45, 2.75) is 19.9 Å². The number of hydrogen-bond acceptors (Lipinski definition) is 5. The van der Waals surface area contributed by atoms with Crippen molar-refractivity contribution in [3.63, 3.8) is 0 Å². The highest BCUT2D eigenvalue weighted by atomic mass is 16.2. The molecule has 1 N–H and O–H groups in total. The molecule has 1 rings (SSSR count). The predicted molar refractivity (Wildman–Crippen MR) is 101 cm³/mol. The molecule has 1 atom stereocenters. The average Bonchev–Trinajstić information content (AvgIpc) is 2.57. The molecule has 0 unspecified atom stereocenters. The molecule has 0 aromatic carbocycles.